The van der Waals surface area contributed by atoms with Gasteiger partial charge in [-0.15, -0.1) is 0 Å². The molecule has 2 rings (SSSR count). The van der Waals surface area contributed by atoms with Crippen molar-refractivity contribution in [2.24, 2.45) is 5.92 Å². The van der Waals surface area contributed by atoms with E-state index in [9.17, 15) is 9.50 Å². The molecule has 0 spiro atoms. The summed E-state index contributed by atoms with van der Waals surface area (Å²) >= 11 is 0. The number of benzene rings is 1. The number of aliphatic hydroxyl groups is 1. The highest BCUT2D eigenvalue weighted by molar-refractivity contribution is 5.22. The molecule has 1 nitrogen and oxygen atoms in total. The van der Waals surface area contributed by atoms with Gasteiger partial charge < -0.3 is 5.11 Å². The van der Waals surface area contributed by atoms with Crippen LogP contribution in [0.1, 0.15) is 43.6 Å². The third kappa shape index (κ3) is 2.43. The fourth-order valence-electron chi connectivity index (χ4n) is 2.81. The molecule has 1 N–H and O–H groups in total. The molecule has 0 aromatic heterocycles. The number of aliphatic hydroxyl groups excluding tert-OH is 1. The molecule has 1 aromatic rings. The Labute approximate surface area is 96.3 Å². The zero-order chi connectivity index (χ0) is 11.4. The molecular weight excluding hydrogens is 203 g/mol. The summed E-state index contributed by atoms with van der Waals surface area (Å²) in [6.45, 7) is 0.0611. The molecule has 0 bridgehead atoms. The van der Waals surface area contributed by atoms with Gasteiger partial charge in [0, 0.05) is 5.92 Å². The molecule has 1 saturated carbocycles. The van der Waals surface area contributed by atoms with E-state index in [0.29, 0.717) is 11.5 Å². The number of rotatable bonds is 3. The second-order valence-corrected chi connectivity index (χ2v) is 4.71. The molecule has 16 heavy (non-hydrogen) atoms. The second kappa shape index (κ2) is 5.44. The minimum Gasteiger partial charge on any atom is -0.396 e. The van der Waals surface area contributed by atoms with Gasteiger partial charge in [-0.25, -0.2) is 4.39 Å². The molecule has 0 aliphatic heterocycles. The highest BCUT2D eigenvalue weighted by Crippen LogP contribution is 2.36. The Morgan fingerprint density at radius 1 is 1.19 bits per heavy atom. The number of halogens is 1. The van der Waals surface area contributed by atoms with Crippen LogP contribution in [-0.2, 0) is 0 Å². The molecule has 1 unspecified atom stereocenters. The molecule has 0 heterocycles. The molecule has 88 valence electrons. The van der Waals surface area contributed by atoms with E-state index in [1.165, 1.54) is 25.3 Å². The van der Waals surface area contributed by atoms with Crippen molar-refractivity contribution in [3.63, 3.8) is 0 Å². The summed E-state index contributed by atoms with van der Waals surface area (Å²) in [5, 5.41) is 9.49. The predicted molar refractivity (Wildman–Crippen MR) is 62.8 cm³/mol. The summed E-state index contributed by atoms with van der Waals surface area (Å²) in [4.78, 5) is 0. The first-order chi connectivity index (χ1) is 7.83. The maximum absolute atomic E-state index is 13.7. The molecule has 1 fully saturated rings. The quantitative estimate of drug-likeness (QED) is 0.830. The van der Waals surface area contributed by atoms with Crippen molar-refractivity contribution >= 4 is 0 Å². The Morgan fingerprint density at radius 2 is 1.88 bits per heavy atom. The lowest BCUT2D eigenvalue weighted by Gasteiger charge is -2.29. The Kier molecular flexibility index (Phi) is 3.94. The standard InChI is InChI=1S/C14H19FO/c15-14-9-5-4-8-12(14)13(10-16)11-6-2-1-3-7-11/h4-5,8-9,11,13,16H,1-3,6-7,10H2. The Morgan fingerprint density at radius 3 is 2.50 bits per heavy atom. The predicted octanol–water partition coefficient (Wildman–Crippen LogP) is 3.48. The summed E-state index contributed by atoms with van der Waals surface area (Å²) in [6.07, 6.45) is 5.97. The van der Waals surface area contributed by atoms with Gasteiger partial charge in [0.05, 0.1) is 6.61 Å². The zero-order valence-corrected chi connectivity index (χ0v) is 9.53. The smallest absolute Gasteiger partial charge is 0.126 e. The van der Waals surface area contributed by atoms with Gasteiger partial charge in [-0.05, 0) is 30.4 Å². The average molecular weight is 222 g/mol. The van der Waals surface area contributed by atoms with E-state index in [0.717, 1.165) is 12.8 Å². The molecule has 1 aliphatic rings. The lowest BCUT2D eigenvalue weighted by molar-refractivity contribution is 0.193. The normalized spacial score (nSPS) is 19.6. The zero-order valence-electron chi connectivity index (χ0n) is 9.53. The van der Waals surface area contributed by atoms with Gasteiger partial charge in [0.2, 0.25) is 0 Å². The van der Waals surface area contributed by atoms with Crippen LogP contribution in [0.2, 0.25) is 0 Å². The van der Waals surface area contributed by atoms with Gasteiger partial charge >= 0.3 is 0 Å². The molecule has 2 heteroatoms. The third-order valence-corrected chi connectivity index (χ3v) is 3.72. The SMILES string of the molecule is OCC(c1ccccc1F)C1CCCCC1. The fourth-order valence-corrected chi connectivity index (χ4v) is 2.81. The third-order valence-electron chi connectivity index (χ3n) is 3.72. The average Bonchev–Trinajstić information content (AvgIpc) is 2.34. The lowest BCUT2D eigenvalue weighted by Crippen LogP contribution is -2.20. The monoisotopic (exact) mass is 222 g/mol. The van der Waals surface area contributed by atoms with Crippen LogP contribution in [0.3, 0.4) is 0 Å². The van der Waals surface area contributed by atoms with Crippen LogP contribution in [0.4, 0.5) is 4.39 Å². The molecule has 0 amide bonds. The molecular formula is C14H19FO. The largest absolute Gasteiger partial charge is 0.396 e. The van der Waals surface area contributed by atoms with Crippen molar-refractivity contribution in [3.05, 3.63) is 35.6 Å². The molecule has 1 aromatic carbocycles. The van der Waals surface area contributed by atoms with Crippen molar-refractivity contribution in [3.8, 4) is 0 Å². The first kappa shape index (κ1) is 11.6. The highest BCUT2D eigenvalue weighted by Gasteiger charge is 2.26. The fraction of sp³-hybridized carbons (Fsp3) is 0.571. The van der Waals surface area contributed by atoms with Gasteiger partial charge in [0.25, 0.3) is 0 Å². The molecule has 0 radical (unpaired) electrons. The maximum Gasteiger partial charge on any atom is 0.126 e. The Balaban J connectivity index is 2.18. The molecule has 1 atom stereocenters. The van der Waals surface area contributed by atoms with E-state index in [-0.39, 0.29) is 18.3 Å². The van der Waals surface area contributed by atoms with Crippen molar-refractivity contribution in [1.82, 2.24) is 0 Å². The van der Waals surface area contributed by atoms with Gasteiger partial charge in [-0.1, -0.05) is 37.5 Å². The summed E-state index contributed by atoms with van der Waals surface area (Å²) in [5.41, 5.74) is 0.692. The van der Waals surface area contributed by atoms with E-state index in [1.807, 2.05) is 12.1 Å². The van der Waals surface area contributed by atoms with Crippen molar-refractivity contribution < 1.29 is 9.50 Å². The minimum atomic E-state index is -0.174. The lowest BCUT2D eigenvalue weighted by atomic mass is 9.77. The van der Waals surface area contributed by atoms with E-state index in [4.69, 9.17) is 0 Å². The Bertz CT molecular complexity index is 331. The van der Waals surface area contributed by atoms with Crippen molar-refractivity contribution in [1.29, 1.82) is 0 Å². The molecule has 0 saturated heterocycles. The topological polar surface area (TPSA) is 20.2 Å². The first-order valence-corrected chi connectivity index (χ1v) is 6.18. The number of hydrogen-bond donors (Lipinski definition) is 1. The van der Waals surface area contributed by atoms with Crippen LogP contribution < -0.4 is 0 Å². The van der Waals surface area contributed by atoms with Crippen molar-refractivity contribution in [2.75, 3.05) is 6.61 Å². The summed E-state index contributed by atoms with van der Waals surface area (Å²) in [7, 11) is 0. The number of hydrogen-bond acceptors (Lipinski definition) is 1. The van der Waals surface area contributed by atoms with Crippen molar-refractivity contribution in [2.45, 2.75) is 38.0 Å². The van der Waals surface area contributed by atoms with Gasteiger partial charge in [-0.2, -0.15) is 0 Å². The van der Waals surface area contributed by atoms with Gasteiger partial charge in [0.1, 0.15) is 5.82 Å². The molecule has 1 aliphatic carbocycles. The van der Waals surface area contributed by atoms with E-state index in [1.54, 1.807) is 6.07 Å². The van der Waals surface area contributed by atoms with Crippen LogP contribution in [0.5, 0.6) is 0 Å². The summed E-state index contributed by atoms with van der Waals surface area (Å²) < 4.78 is 13.7. The van der Waals surface area contributed by atoms with Gasteiger partial charge in [-0.3, -0.25) is 0 Å². The first-order valence-electron chi connectivity index (χ1n) is 6.18. The highest BCUT2D eigenvalue weighted by atomic mass is 19.1. The minimum absolute atomic E-state index is 0.0125. The van der Waals surface area contributed by atoms with E-state index in [2.05, 4.69) is 0 Å². The van der Waals surface area contributed by atoms with Gasteiger partial charge in [0.15, 0.2) is 0 Å². The Hall–Kier alpha value is -0.890. The second-order valence-electron chi connectivity index (χ2n) is 4.71. The van der Waals surface area contributed by atoms with Crippen LogP contribution in [0, 0.1) is 11.7 Å². The van der Waals surface area contributed by atoms with Crippen LogP contribution in [0.25, 0.3) is 0 Å². The summed E-state index contributed by atoms with van der Waals surface area (Å²) in [5.74, 6) is 0.268. The summed E-state index contributed by atoms with van der Waals surface area (Å²) in [6, 6.07) is 6.85. The van der Waals surface area contributed by atoms with E-state index < -0.39 is 0 Å². The van der Waals surface area contributed by atoms with E-state index >= 15 is 0 Å². The van der Waals surface area contributed by atoms with Crippen LogP contribution in [-0.4, -0.2) is 11.7 Å². The van der Waals surface area contributed by atoms with Crippen LogP contribution >= 0.6 is 0 Å². The van der Waals surface area contributed by atoms with Crippen LogP contribution in [0.15, 0.2) is 24.3 Å². The maximum atomic E-state index is 13.7.